The average molecular weight is 347 g/mol. The lowest BCUT2D eigenvalue weighted by Gasteiger charge is -2.24. The topological polar surface area (TPSA) is 59.6 Å². The largest absolute Gasteiger partial charge is 0.357 e. The van der Waals surface area contributed by atoms with Crippen LogP contribution in [0.1, 0.15) is 12.5 Å². The van der Waals surface area contributed by atoms with Gasteiger partial charge in [0.1, 0.15) is 0 Å². The van der Waals surface area contributed by atoms with Crippen LogP contribution in [0.15, 0.2) is 47.2 Å². The summed E-state index contributed by atoms with van der Waals surface area (Å²) in [5.74, 6) is 0. The van der Waals surface area contributed by atoms with Gasteiger partial charge >= 0.3 is 0 Å². The minimum atomic E-state index is -0.186. The molecule has 4 heteroatoms. The fraction of sp³-hybridized carbons (Fsp3) is 0.143. The number of nitriles is 2. The number of hydrogen-bond acceptors (Lipinski definition) is 3. The molecule has 1 N–H and O–H groups in total. The fourth-order valence-electron chi connectivity index (χ4n) is 1.87. The number of hydrogen-bond donors (Lipinski definition) is 1. The van der Waals surface area contributed by atoms with Crippen LogP contribution < -0.4 is 5.32 Å². The van der Waals surface area contributed by atoms with E-state index in [1.165, 1.54) is 0 Å². The highest BCUT2D eigenvalue weighted by atomic mass is 127. The Labute approximate surface area is 120 Å². The van der Waals surface area contributed by atoms with E-state index in [9.17, 15) is 5.26 Å². The molecule has 1 heterocycles. The lowest BCUT2D eigenvalue weighted by molar-refractivity contribution is 0.986. The molecule has 1 aliphatic rings. The van der Waals surface area contributed by atoms with E-state index in [0.717, 1.165) is 17.0 Å². The van der Waals surface area contributed by atoms with Crippen LogP contribution in [-0.2, 0) is 0 Å². The Kier molecular flexibility index (Phi) is 3.69. The maximum absolute atomic E-state index is 9.31. The molecule has 0 bridgehead atoms. The van der Waals surface area contributed by atoms with Crippen molar-refractivity contribution < 1.29 is 0 Å². The second-order valence-corrected chi connectivity index (χ2v) is 5.15. The molecule has 2 rings (SSSR count). The van der Waals surface area contributed by atoms with E-state index in [0.29, 0.717) is 11.1 Å². The number of alkyl halides is 1. The molecule has 0 aliphatic carbocycles. The fourth-order valence-corrected chi connectivity index (χ4v) is 2.93. The first-order chi connectivity index (χ1) is 8.69. The first-order valence-electron chi connectivity index (χ1n) is 5.40. The van der Waals surface area contributed by atoms with Gasteiger partial charge in [-0.3, -0.25) is 0 Å². The van der Waals surface area contributed by atoms with Gasteiger partial charge in [-0.1, -0.05) is 52.9 Å². The number of nitrogens with one attached hydrogen (secondary N) is 1. The molecule has 88 valence electrons. The van der Waals surface area contributed by atoms with Crippen LogP contribution >= 0.6 is 22.6 Å². The minimum absolute atomic E-state index is 0.186. The molecular formula is C14H10IN3. The maximum Gasteiger partial charge on any atom is 0.0984 e. The maximum atomic E-state index is 9.31. The number of allylic oxidation sites excluding steroid dienone is 3. The lowest BCUT2D eigenvalue weighted by Crippen LogP contribution is -2.24. The molecule has 0 spiro atoms. The van der Waals surface area contributed by atoms with Gasteiger partial charge in [0.2, 0.25) is 0 Å². The standard InChI is InChI=1S/C14H10IN3/c1-9-11(7-16)13(15)12(8-17)14(18-9)10-5-3-2-4-6-10/h2-6,13,18H,1H3. The van der Waals surface area contributed by atoms with Crippen LogP contribution in [0, 0.1) is 22.7 Å². The normalized spacial score (nSPS) is 19.0. The molecular weight excluding hydrogens is 337 g/mol. The Bertz CT molecular complexity index is 615. The molecule has 1 aromatic rings. The predicted octanol–water partition coefficient (Wildman–Crippen LogP) is 3.13. The van der Waals surface area contributed by atoms with E-state index in [-0.39, 0.29) is 3.92 Å². The molecule has 1 aromatic carbocycles. The zero-order chi connectivity index (χ0) is 13.1. The highest BCUT2D eigenvalue weighted by Gasteiger charge is 2.27. The molecule has 0 aromatic heterocycles. The molecule has 1 unspecified atom stereocenters. The van der Waals surface area contributed by atoms with Gasteiger partial charge in [-0.2, -0.15) is 10.5 Å². The Hall–Kier alpha value is -1.79. The van der Waals surface area contributed by atoms with E-state index in [1.54, 1.807) is 0 Å². The second kappa shape index (κ2) is 5.24. The van der Waals surface area contributed by atoms with Crippen LogP contribution in [0.2, 0.25) is 0 Å². The van der Waals surface area contributed by atoms with Gasteiger partial charge in [-0.05, 0) is 12.5 Å². The van der Waals surface area contributed by atoms with Crippen LogP contribution in [0.4, 0.5) is 0 Å². The third kappa shape index (κ3) is 2.12. The summed E-state index contributed by atoms with van der Waals surface area (Å²) in [7, 11) is 0. The SMILES string of the molecule is CC1=C(C#N)C(I)C(C#N)=C(c2ccccc2)N1. The van der Waals surface area contributed by atoms with Crippen LogP contribution in [0.3, 0.4) is 0 Å². The van der Waals surface area contributed by atoms with Crippen molar-refractivity contribution in [2.45, 2.75) is 10.8 Å². The number of nitrogens with zero attached hydrogens (tertiary/aromatic N) is 2. The summed E-state index contributed by atoms with van der Waals surface area (Å²) >= 11 is 2.14. The third-order valence-corrected chi connectivity index (χ3v) is 4.04. The van der Waals surface area contributed by atoms with Gasteiger partial charge in [0.05, 0.1) is 32.9 Å². The Morgan fingerprint density at radius 2 is 1.72 bits per heavy atom. The molecule has 1 atom stereocenters. The molecule has 1 aliphatic heterocycles. The van der Waals surface area contributed by atoms with Gasteiger partial charge in [-0.25, -0.2) is 0 Å². The molecule has 18 heavy (non-hydrogen) atoms. The molecule has 0 saturated heterocycles. The second-order valence-electron chi connectivity index (χ2n) is 3.90. The Morgan fingerprint density at radius 3 is 2.28 bits per heavy atom. The highest BCUT2D eigenvalue weighted by molar-refractivity contribution is 14.1. The zero-order valence-electron chi connectivity index (χ0n) is 9.74. The van der Waals surface area contributed by atoms with Gasteiger partial charge in [0, 0.05) is 5.70 Å². The van der Waals surface area contributed by atoms with Crippen molar-refractivity contribution in [1.82, 2.24) is 5.32 Å². The van der Waals surface area contributed by atoms with Crippen molar-refractivity contribution in [3.8, 4) is 12.1 Å². The average Bonchev–Trinajstić information content (AvgIpc) is 2.39. The molecule has 0 radical (unpaired) electrons. The van der Waals surface area contributed by atoms with Crippen molar-refractivity contribution in [3.05, 3.63) is 52.7 Å². The molecule has 0 amide bonds. The first kappa shape index (κ1) is 12.7. The summed E-state index contributed by atoms with van der Waals surface area (Å²) in [6.45, 7) is 1.86. The quantitative estimate of drug-likeness (QED) is 0.627. The van der Waals surface area contributed by atoms with Gasteiger partial charge in [0.15, 0.2) is 0 Å². The van der Waals surface area contributed by atoms with Crippen molar-refractivity contribution in [2.24, 2.45) is 0 Å². The summed E-state index contributed by atoms with van der Waals surface area (Å²) in [4.78, 5) is 0. The Morgan fingerprint density at radius 1 is 1.11 bits per heavy atom. The number of benzene rings is 1. The van der Waals surface area contributed by atoms with Crippen molar-refractivity contribution in [1.29, 1.82) is 10.5 Å². The highest BCUT2D eigenvalue weighted by Crippen LogP contribution is 2.32. The van der Waals surface area contributed by atoms with E-state index < -0.39 is 0 Å². The molecule has 3 nitrogen and oxygen atoms in total. The predicted molar refractivity (Wildman–Crippen MR) is 78.2 cm³/mol. The summed E-state index contributed by atoms with van der Waals surface area (Å²) in [5.41, 5.74) is 3.80. The summed E-state index contributed by atoms with van der Waals surface area (Å²) < 4.78 is -0.186. The Balaban J connectivity index is 2.55. The minimum Gasteiger partial charge on any atom is -0.357 e. The van der Waals surface area contributed by atoms with Crippen LogP contribution in [0.25, 0.3) is 5.70 Å². The molecule has 0 saturated carbocycles. The monoisotopic (exact) mass is 347 g/mol. The van der Waals surface area contributed by atoms with E-state index in [1.807, 2.05) is 37.3 Å². The number of halogens is 1. The smallest absolute Gasteiger partial charge is 0.0984 e. The van der Waals surface area contributed by atoms with Gasteiger partial charge in [-0.15, -0.1) is 0 Å². The van der Waals surface area contributed by atoms with Crippen molar-refractivity contribution in [3.63, 3.8) is 0 Å². The van der Waals surface area contributed by atoms with Crippen LogP contribution in [-0.4, -0.2) is 3.92 Å². The molecule has 0 fully saturated rings. The zero-order valence-corrected chi connectivity index (χ0v) is 11.9. The van der Waals surface area contributed by atoms with Crippen molar-refractivity contribution >= 4 is 28.3 Å². The van der Waals surface area contributed by atoms with E-state index in [4.69, 9.17) is 5.26 Å². The van der Waals surface area contributed by atoms with E-state index in [2.05, 4.69) is 40.0 Å². The summed E-state index contributed by atoms with van der Waals surface area (Å²) in [6, 6.07) is 14.1. The summed E-state index contributed by atoms with van der Waals surface area (Å²) in [5, 5.41) is 21.6. The first-order valence-corrected chi connectivity index (χ1v) is 6.65. The van der Waals surface area contributed by atoms with Crippen molar-refractivity contribution in [2.75, 3.05) is 0 Å². The van der Waals surface area contributed by atoms with Crippen LogP contribution in [0.5, 0.6) is 0 Å². The van der Waals surface area contributed by atoms with Gasteiger partial charge in [0.25, 0.3) is 0 Å². The van der Waals surface area contributed by atoms with Gasteiger partial charge < -0.3 is 5.32 Å². The lowest BCUT2D eigenvalue weighted by atomic mass is 9.96. The third-order valence-electron chi connectivity index (χ3n) is 2.80. The summed E-state index contributed by atoms with van der Waals surface area (Å²) in [6.07, 6.45) is 0. The number of rotatable bonds is 1. The number of dihydropyridines is 1. The van der Waals surface area contributed by atoms with E-state index >= 15 is 0 Å².